The molecule has 0 atom stereocenters. The van der Waals surface area contributed by atoms with Crippen LogP contribution in [0.1, 0.15) is 15.9 Å². The van der Waals surface area contributed by atoms with Crippen LogP contribution in [0.25, 0.3) is 11.3 Å². The Labute approximate surface area is 103 Å². The van der Waals surface area contributed by atoms with Crippen LogP contribution in [-0.2, 0) is 0 Å². The maximum Gasteiger partial charge on any atom is 0.337 e. The molecule has 2 N–H and O–H groups in total. The highest BCUT2D eigenvalue weighted by Crippen LogP contribution is 2.26. The van der Waals surface area contributed by atoms with Gasteiger partial charge in [-0.3, -0.25) is 4.98 Å². The van der Waals surface area contributed by atoms with Crippen molar-refractivity contribution in [1.29, 1.82) is 5.26 Å². The average Bonchev–Trinajstić information content (AvgIpc) is 2.39. The van der Waals surface area contributed by atoms with Crippen LogP contribution < -0.4 is 0 Å². The summed E-state index contributed by atoms with van der Waals surface area (Å²) in [5.74, 6) is -1.24. The van der Waals surface area contributed by atoms with E-state index in [1.807, 2.05) is 6.07 Å². The summed E-state index contributed by atoms with van der Waals surface area (Å²) in [5.41, 5.74) is 0.866. The third-order valence-electron chi connectivity index (χ3n) is 2.43. The molecule has 5 nitrogen and oxygen atoms in total. The molecule has 1 aromatic heterocycles. The molecule has 0 unspecified atom stereocenters. The Kier molecular flexibility index (Phi) is 2.94. The molecular weight excluding hydrogens is 232 g/mol. The zero-order valence-electron chi connectivity index (χ0n) is 9.16. The summed E-state index contributed by atoms with van der Waals surface area (Å²) in [6.45, 7) is 0. The lowest BCUT2D eigenvalue weighted by Gasteiger charge is -2.05. The van der Waals surface area contributed by atoms with Gasteiger partial charge < -0.3 is 10.2 Å². The Hall–Kier alpha value is -2.87. The van der Waals surface area contributed by atoms with E-state index in [9.17, 15) is 9.90 Å². The van der Waals surface area contributed by atoms with Crippen molar-refractivity contribution in [3.8, 4) is 23.1 Å². The van der Waals surface area contributed by atoms with E-state index in [1.165, 1.54) is 36.5 Å². The Balaban J connectivity index is 2.63. The Morgan fingerprint density at radius 1 is 1.33 bits per heavy atom. The van der Waals surface area contributed by atoms with Gasteiger partial charge in [0.2, 0.25) is 0 Å². The number of carboxylic acids is 1. The van der Waals surface area contributed by atoms with Gasteiger partial charge in [-0.1, -0.05) is 0 Å². The number of pyridine rings is 1. The van der Waals surface area contributed by atoms with Gasteiger partial charge in [-0.05, 0) is 30.3 Å². The van der Waals surface area contributed by atoms with Crippen molar-refractivity contribution in [2.24, 2.45) is 0 Å². The van der Waals surface area contributed by atoms with Gasteiger partial charge in [0.05, 0.1) is 16.8 Å². The number of phenolic OH excluding ortho intramolecular Hbond substituents is 1. The third kappa shape index (κ3) is 1.99. The van der Waals surface area contributed by atoms with Crippen molar-refractivity contribution in [2.75, 3.05) is 0 Å². The lowest BCUT2D eigenvalue weighted by atomic mass is 10.0. The molecule has 0 aliphatic rings. The molecule has 88 valence electrons. The molecule has 1 aromatic carbocycles. The second-order valence-corrected chi connectivity index (χ2v) is 3.55. The third-order valence-corrected chi connectivity index (χ3v) is 2.43. The molecule has 0 aliphatic carbocycles. The summed E-state index contributed by atoms with van der Waals surface area (Å²) < 4.78 is 0. The first-order chi connectivity index (χ1) is 8.63. The van der Waals surface area contributed by atoms with Crippen molar-refractivity contribution < 1.29 is 15.0 Å². The summed E-state index contributed by atoms with van der Waals surface area (Å²) in [4.78, 5) is 15.1. The van der Waals surface area contributed by atoms with Crippen LogP contribution in [0.4, 0.5) is 0 Å². The summed E-state index contributed by atoms with van der Waals surface area (Å²) in [5, 5.41) is 27.3. The van der Waals surface area contributed by atoms with Crippen LogP contribution in [0.3, 0.4) is 0 Å². The molecule has 0 spiro atoms. The molecule has 1 heterocycles. The number of hydrogen-bond acceptors (Lipinski definition) is 4. The number of benzene rings is 1. The largest absolute Gasteiger partial charge is 0.507 e. The first-order valence-electron chi connectivity index (χ1n) is 5.05. The maximum absolute atomic E-state index is 11.1. The van der Waals surface area contributed by atoms with E-state index >= 15 is 0 Å². The molecule has 0 bridgehead atoms. The molecule has 2 rings (SSSR count). The highest BCUT2D eigenvalue weighted by molar-refractivity contribution is 5.94. The van der Waals surface area contributed by atoms with Crippen molar-refractivity contribution in [1.82, 2.24) is 4.98 Å². The van der Waals surface area contributed by atoms with Crippen LogP contribution in [0.5, 0.6) is 5.75 Å². The van der Waals surface area contributed by atoms with E-state index in [-0.39, 0.29) is 22.6 Å². The van der Waals surface area contributed by atoms with Gasteiger partial charge in [-0.2, -0.15) is 5.26 Å². The first kappa shape index (κ1) is 11.6. The fourth-order valence-corrected chi connectivity index (χ4v) is 1.58. The standard InChI is InChI=1S/C13H8N2O3/c14-7-9-6-8(3-4-11(9)16)12-10(13(17)18)2-1-5-15-12/h1-6,16H,(H,17,18). The average molecular weight is 240 g/mol. The van der Waals surface area contributed by atoms with E-state index in [0.29, 0.717) is 5.56 Å². The number of carbonyl (C=O) groups is 1. The summed E-state index contributed by atoms with van der Waals surface area (Å²) in [6, 6.07) is 9.06. The summed E-state index contributed by atoms with van der Waals surface area (Å²) in [6.07, 6.45) is 1.47. The lowest BCUT2D eigenvalue weighted by molar-refractivity contribution is 0.0697. The van der Waals surface area contributed by atoms with Gasteiger partial charge in [-0.15, -0.1) is 0 Å². The smallest absolute Gasteiger partial charge is 0.337 e. The van der Waals surface area contributed by atoms with Crippen molar-refractivity contribution in [3.05, 3.63) is 47.7 Å². The van der Waals surface area contributed by atoms with Gasteiger partial charge >= 0.3 is 5.97 Å². The quantitative estimate of drug-likeness (QED) is 0.837. The van der Waals surface area contributed by atoms with E-state index in [1.54, 1.807) is 0 Å². The molecule has 0 saturated heterocycles. The summed E-state index contributed by atoms with van der Waals surface area (Å²) in [7, 11) is 0. The molecule has 0 aliphatic heterocycles. The topological polar surface area (TPSA) is 94.2 Å². The SMILES string of the molecule is N#Cc1cc(-c2ncccc2C(=O)O)ccc1O. The number of aromatic hydroxyl groups is 1. The predicted molar refractivity (Wildman–Crippen MR) is 63.0 cm³/mol. The minimum Gasteiger partial charge on any atom is -0.507 e. The number of phenols is 1. The van der Waals surface area contributed by atoms with E-state index < -0.39 is 5.97 Å². The minimum atomic E-state index is -1.09. The van der Waals surface area contributed by atoms with Crippen LogP contribution in [0.15, 0.2) is 36.5 Å². The normalized spacial score (nSPS) is 9.72. The summed E-state index contributed by atoms with van der Waals surface area (Å²) >= 11 is 0. The Bertz CT molecular complexity index is 660. The molecule has 5 heteroatoms. The fourth-order valence-electron chi connectivity index (χ4n) is 1.58. The van der Waals surface area contributed by atoms with Crippen LogP contribution in [0, 0.1) is 11.3 Å². The van der Waals surface area contributed by atoms with E-state index in [2.05, 4.69) is 4.98 Å². The zero-order valence-corrected chi connectivity index (χ0v) is 9.16. The lowest BCUT2D eigenvalue weighted by Crippen LogP contribution is -2.01. The Morgan fingerprint density at radius 2 is 2.11 bits per heavy atom. The highest BCUT2D eigenvalue weighted by Gasteiger charge is 2.13. The number of rotatable bonds is 2. The number of hydrogen-bond donors (Lipinski definition) is 2. The van der Waals surface area contributed by atoms with Gasteiger partial charge in [0.1, 0.15) is 11.8 Å². The Morgan fingerprint density at radius 3 is 2.78 bits per heavy atom. The number of aromatic nitrogens is 1. The predicted octanol–water partition coefficient (Wildman–Crippen LogP) is 2.02. The molecule has 0 amide bonds. The zero-order chi connectivity index (χ0) is 13.1. The number of nitrogens with zero attached hydrogens (tertiary/aromatic N) is 2. The van der Waals surface area contributed by atoms with Crippen LogP contribution in [0.2, 0.25) is 0 Å². The van der Waals surface area contributed by atoms with Gasteiger partial charge in [-0.25, -0.2) is 4.79 Å². The number of aromatic carboxylic acids is 1. The molecule has 18 heavy (non-hydrogen) atoms. The molecular formula is C13H8N2O3. The molecule has 2 aromatic rings. The number of nitriles is 1. The van der Waals surface area contributed by atoms with E-state index in [0.717, 1.165) is 0 Å². The van der Waals surface area contributed by atoms with Crippen molar-refractivity contribution >= 4 is 5.97 Å². The molecule has 0 fully saturated rings. The van der Waals surface area contributed by atoms with Gasteiger partial charge in [0.25, 0.3) is 0 Å². The van der Waals surface area contributed by atoms with E-state index in [4.69, 9.17) is 10.4 Å². The second-order valence-electron chi connectivity index (χ2n) is 3.55. The van der Waals surface area contributed by atoms with Crippen molar-refractivity contribution in [2.45, 2.75) is 0 Å². The number of carboxylic acid groups (broad SMARTS) is 1. The van der Waals surface area contributed by atoms with Crippen molar-refractivity contribution in [3.63, 3.8) is 0 Å². The highest BCUT2D eigenvalue weighted by atomic mass is 16.4. The second kappa shape index (κ2) is 4.55. The van der Waals surface area contributed by atoms with Crippen LogP contribution in [-0.4, -0.2) is 21.2 Å². The first-order valence-corrected chi connectivity index (χ1v) is 5.05. The van der Waals surface area contributed by atoms with Gasteiger partial charge in [0, 0.05) is 11.8 Å². The fraction of sp³-hybridized carbons (Fsp3) is 0. The van der Waals surface area contributed by atoms with Gasteiger partial charge in [0.15, 0.2) is 0 Å². The van der Waals surface area contributed by atoms with Crippen LogP contribution >= 0.6 is 0 Å². The maximum atomic E-state index is 11.1. The minimum absolute atomic E-state index is 0.0482. The molecule has 0 saturated carbocycles. The monoisotopic (exact) mass is 240 g/mol. The molecule has 0 radical (unpaired) electrons.